The molecule has 30 heavy (non-hydrogen) atoms. The third kappa shape index (κ3) is 3.17. The fraction of sp³-hybridized carbons (Fsp3) is 0.0714. The van der Waals surface area contributed by atoms with Crippen LogP contribution in [0.5, 0.6) is 0 Å². The van der Waals surface area contributed by atoms with Crippen molar-refractivity contribution in [3.05, 3.63) is 103 Å². The van der Waals surface area contributed by atoms with Crippen molar-refractivity contribution in [2.24, 2.45) is 0 Å². The van der Waals surface area contributed by atoms with Gasteiger partial charge < -0.3 is 8.98 Å². The molecule has 0 saturated heterocycles. The molecule has 0 atom stereocenters. The lowest BCUT2D eigenvalue weighted by molar-refractivity contribution is 0.603. The number of allylic oxidation sites excluding steroid dienone is 2. The van der Waals surface area contributed by atoms with Crippen molar-refractivity contribution in [2.75, 3.05) is 0 Å². The molecule has 0 radical (unpaired) electrons. The molecule has 0 aliphatic heterocycles. The van der Waals surface area contributed by atoms with Gasteiger partial charge in [-0.25, -0.2) is 0 Å². The molecule has 0 unspecified atom stereocenters. The van der Waals surface area contributed by atoms with E-state index in [1.165, 1.54) is 21.8 Å². The van der Waals surface area contributed by atoms with E-state index in [1.807, 2.05) is 38.1 Å². The molecule has 0 amide bonds. The smallest absolute Gasteiger partial charge is 0.136 e. The highest BCUT2D eigenvalue weighted by Crippen LogP contribution is 2.37. The first-order chi connectivity index (χ1) is 14.7. The highest BCUT2D eigenvalue weighted by Gasteiger charge is 2.16. The first-order valence-corrected chi connectivity index (χ1v) is 10.1. The zero-order chi connectivity index (χ0) is 21.1. The van der Waals surface area contributed by atoms with Crippen molar-refractivity contribution in [3.63, 3.8) is 0 Å². The summed E-state index contributed by atoms with van der Waals surface area (Å²) in [6.45, 7) is 11.2. The van der Waals surface area contributed by atoms with Crippen molar-refractivity contribution >= 4 is 44.9 Å². The molecule has 0 saturated carbocycles. The van der Waals surface area contributed by atoms with E-state index in [2.05, 4.69) is 78.4 Å². The molecule has 0 bridgehead atoms. The average molecular weight is 392 g/mol. The summed E-state index contributed by atoms with van der Waals surface area (Å²) < 4.78 is 8.45. The minimum Gasteiger partial charge on any atom is -0.456 e. The fourth-order valence-corrected chi connectivity index (χ4v) is 3.94. The van der Waals surface area contributed by atoms with Gasteiger partial charge in [-0.15, -0.1) is 6.58 Å². The van der Waals surface area contributed by atoms with E-state index < -0.39 is 0 Å². The maximum absolute atomic E-state index is 6.14. The Morgan fingerprint density at radius 1 is 0.800 bits per heavy atom. The molecule has 0 N–H and O–H groups in total. The lowest BCUT2D eigenvalue weighted by Crippen LogP contribution is -1.92. The maximum atomic E-state index is 6.14. The predicted octanol–water partition coefficient (Wildman–Crippen LogP) is 8.40. The molecule has 0 fully saturated rings. The van der Waals surface area contributed by atoms with E-state index in [0.717, 1.165) is 28.0 Å². The summed E-state index contributed by atoms with van der Waals surface area (Å²) >= 11 is 0. The van der Waals surface area contributed by atoms with E-state index in [1.54, 1.807) is 6.08 Å². The quantitative estimate of drug-likeness (QED) is 0.282. The molecule has 0 aliphatic rings. The maximum Gasteiger partial charge on any atom is 0.136 e. The van der Waals surface area contributed by atoms with Gasteiger partial charge in [-0.3, -0.25) is 0 Å². The monoisotopic (exact) mass is 391 g/mol. The number of nitrogens with zero attached hydrogens (tertiary/aromatic N) is 1. The Morgan fingerprint density at radius 2 is 1.50 bits per heavy atom. The van der Waals surface area contributed by atoms with Crippen molar-refractivity contribution in [1.29, 1.82) is 0 Å². The predicted molar refractivity (Wildman–Crippen MR) is 131 cm³/mol. The van der Waals surface area contributed by atoms with Gasteiger partial charge in [0.25, 0.3) is 0 Å². The zero-order valence-corrected chi connectivity index (χ0v) is 17.4. The molecule has 3 aromatic carbocycles. The summed E-state index contributed by atoms with van der Waals surface area (Å²) in [5.74, 6) is 0.853. The van der Waals surface area contributed by atoms with E-state index in [9.17, 15) is 0 Å². The molecule has 2 nitrogen and oxygen atoms in total. The van der Waals surface area contributed by atoms with Gasteiger partial charge in [0.2, 0.25) is 0 Å². The van der Waals surface area contributed by atoms with E-state index in [4.69, 9.17) is 4.42 Å². The molecular weight excluding hydrogens is 366 g/mol. The Hall–Kier alpha value is -3.78. The highest BCUT2D eigenvalue weighted by atomic mass is 16.3. The summed E-state index contributed by atoms with van der Waals surface area (Å²) in [4.78, 5) is 0. The molecular formula is C28H25NO. The van der Waals surface area contributed by atoms with Crippen LogP contribution < -0.4 is 0 Å². The number of para-hydroxylation sites is 2. The van der Waals surface area contributed by atoms with E-state index in [0.29, 0.717) is 0 Å². The van der Waals surface area contributed by atoms with Gasteiger partial charge >= 0.3 is 0 Å². The number of rotatable bonds is 3. The average Bonchev–Trinajstić information content (AvgIpc) is 3.27. The van der Waals surface area contributed by atoms with Gasteiger partial charge in [-0.05, 0) is 50.3 Å². The van der Waals surface area contributed by atoms with Crippen LogP contribution in [0.3, 0.4) is 0 Å². The summed E-state index contributed by atoms with van der Waals surface area (Å²) in [7, 11) is 0. The van der Waals surface area contributed by atoms with Crippen LogP contribution in [0.25, 0.3) is 50.6 Å². The zero-order valence-electron chi connectivity index (χ0n) is 17.4. The number of hydrogen-bond donors (Lipinski definition) is 0. The molecule has 148 valence electrons. The van der Waals surface area contributed by atoms with Crippen molar-refractivity contribution in [1.82, 2.24) is 4.57 Å². The van der Waals surface area contributed by atoms with E-state index >= 15 is 0 Å². The molecule has 2 heterocycles. The second kappa shape index (κ2) is 8.30. The SMILES string of the molecule is C=CC.C=Cc1c(/C=C\C)oc2cc3c4ccccc4n(-c4ccccc4)c3cc12. The fourth-order valence-electron chi connectivity index (χ4n) is 3.94. The first kappa shape index (κ1) is 19.5. The molecule has 5 aromatic rings. The Kier molecular flexibility index (Phi) is 5.40. The van der Waals surface area contributed by atoms with Crippen LogP contribution >= 0.6 is 0 Å². The number of fused-ring (bicyclic) bond motifs is 4. The minimum atomic E-state index is 0.853. The van der Waals surface area contributed by atoms with Gasteiger partial charge in [0, 0.05) is 27.4 Å². The number of benzene rings is 3. The van der Waals surface area contributed by atoms with Gasteiger partial charge in [0.15, 0.2) is 0 Å². The second-order valence-electron chi connectivity index (χ2n) is 7.05. The van der Waals surface area contributed by atoms with Crippen LogP contribution in [-0.4, -0.2) is 4.57 Å². The van der Waals surface area contributed by atoms with Crippen LogP contribution in [-0.2, 0) is 0 Å². The lowest BCUT2D eigenvalue weighted by Gasteiger charge is -2.07. The molecule has 5 rings (SSSR count). The largest absolute Gasteiger partial charge is 0.456 e. The van der Waals surface area contributed by atoms with Crippen molar-refractivity contribution in [3.8, 4) is 5.69 Å². The lowest BCUT2D eigenvalue weighted by atomic mass is 10.1. The van der Waals surface area contributed by atoms with Crippen LogP contribution in [0.1, 0.15) is 25.2 Å². The summed E-state index contributed by atoms with van der Waals surface area (Å²) in [5.41, 5.74) is 5.45. The Labute approximate surface area is 177 Å². The molecule has 2 aromatic heterocycles. The van der Waals surface area contributed by atoms with Crippen molar-refractivity contribution < 1.29 is 4.42 Å². The van der Waals surface area contributed by atoms with Gasteiger partial charge in [0.05, 0.1) is 11.0 Å². The molecule has 0 aliphatic carbocycles. The summed E-state index contributed by atoms with van der Waals surface area (Å²) in [5, 5.41) is 3.51. The number of hydrogen-bond acceptors (Lipinski definition) is 1. The van der Waals surface area contributed by atoms with Crippen LogP contribution in [0.15, 0.2) is 96.5 Å². The summed E-state index contributed by atoms with van der Waals surface area (Å²) in [6, 6.07) is 23.4. The van der Waals surface area contributed by atoms with Crippen molar-refractivity contribution in [2.45, 2.75) is 13.8 Å². The Bertz CT molecular complexity index is 1380. The van der Waals surface area contributed by atoms with Crippen LogP contribution in [0.4, 0.5) is 0 Å². The van der Waals surface area contributed by atoms with Crippen LogP contribution in [0, 0.1) is 0 Å². The first-order valence-electron chi connectivity index (χ1n) is 10.1. The van der Waals surface area contributed by atoms with Gasteiger partial charge in [0.1, 0.15) is 11.3 Å². The highest BCUT2D eigenvalue weighted by molar-refractivity contribution is 6.14. The minimum absolute atomic E-state index is 0.853. The Morgan fingerprint density at radius 3 is 2.20 bits per heavy atom. The van der Waals surface area contributed by atoms with E-state index in [-0.39, 0.29) is 0 Å². The number of aromatic nitrogens is 1. The number of furan rings is 1. The Balaban J connectivity index is 0.000000687. The van der Waals surface area contributed by atoms with Gasteiger partial charge in [-0.1, -0.05) is 61.2 Å². The third-order valence-corrected chi connectivity index (χ3v) is 5.09. The normalized spacial score (nSPS) is 11.1. The second-order valence-corrected chi connectivity index (χ2v) is 7.05. The molecule has 2 heteroatoms. The third-order valence-electron chi connectivity index (χ3n) is 5.09. The standard InChI is InChI=1S/C25H19NO.C3H6/c1-3-10-24-18(4-2)21-15-23-20(16-25(21)27-24)19-13-8-9-14-22(19)26(23)17-11-6-5-7-12-17;1-3-2/h3-16H,2H2,1H3;3H,1H2,2H3/b10-3-;. The topological polar surface area (TPSA) is 18.1 Å². The van der Waals surface area contributed by atoms with Gasteiger partial charge in [-0.2, -0.15) is 0 Å². The summed E-state index contributed by atoms with van der Waals surface area (Å²) in [6.07, 6.45) is 7.61. The van der Waals surface area contributed by atoms with Crippen LogP contribution in [0.2, 0.25) is 0 Å². The molecule has 0 spiro atoms.